The van der Waals surface area contributed by atoms with Crippen LogP contribution in [-0.2, 0) is 22.5 Å². The summed E-state index contributed by atoms with van der Waals surface area (Å²) in [6, 6.07) is 3.48. The molecule has 0 unspecified atom stereocenters. The fourth-order valence-corrected chi connectivity index (χ4v) is 2.66. The number of hydrogen-bond acceptors (Lipinski definition) is 6. The predicted molar refractivity (Wildman–Crippen MR) is 83.7 cm³/mol. The maximum Gasteiger partial charge on any atom is 0.413 e. The maximum absolute atomic E-state index is 12.0. The number of carbonyl (C=O) groups excluding carboxylic acids is 2. The highest BCUT2D eigenvalue weighted by atomic mass is 16.5. The molecule has 0 spiro atoms. The first-order valence-electron chi connectivity index (χ1n) is 7.36. The van der Waals surface area contributed by atoms with Gasteiger partial charge in [-0.25, -0.2) is 4.79 Å². The van der Waals surface area contributed by atoms with Crippen LogP contribution in [0.15, 0.2) is 12.1 Å². The summed E-state index contributed by atoms with van der Waals surface area (Å²) in [5.74, 6) is 0.997. The molecule has 126 valence electrons. The molecule has 1 aromatic rings. The van der Waals surface area contributed by atoms with Gasteiger partial charge < -0.3 is 14.2 Å². The molecule has 1 heterocycles. The lowest BCUT2D eigenvalue weighted by atomic mass is 9.97. The Bertz CT molecular complexity index is 602. The van der Waals surface area contributed by atoms with Gasteiger partial charge in [0.15, 0.2) is 11.5 Å². The third kappa shape index (κ3) is 3.73. The van der Waals surface area contributed by atoms with E-state index < -0.39 is 12.1 Å². The lowest BCUT2D eigenvalue weighted by Crippen LogP contribution is -2.48. The molecule has 2 amide bonds. The second-order valence-electron chi connectivity index (χ2n) is 5.35. The number of methoxy groups -OCH3 is 3. The largest absolute Gasteiger partial charge is 0.493 e. The van der Waals surface area contributed by atoms with Crippen LogP contribution in [0.3, 0.4) is 0 Å². The lowest BCUT2D eigenvalue weighted by molar-refractivity contribution is -0.125. The summed E-state index contributed by atoms with van der Waals surface area (Å²) in [6.07, 6.45) is 0.0524. The van der Waals surface area contributed by atoms with Crippen LogP contribution in [-0.4, -0.2) is 50.8 Å². The van der Waals surface area contributed by atoms with Crippen molar-refractivity contribution in [1.82, 2.24) is 10.2 Å². The molecular formula is C16H22N2O5. The van der Waals surface area contributed by atoms with E-state index in [1.807, 2.05) is 17.0 Å². The normalized spacial score (nSPS) is 15.3. The second kappa shape index (κ2) is 7.32. The zero-order valence-electron chi connectivity index (χ0n) is 13.8. The fourth-order valence-electron chi connectivity index (χ4n) is 2.66. The Balaban J connectivity index is 2.13. The smallest absolute Gasteiger partial charge is 0.413 e. The number of imide groups is 1. The summed E-state index contributed by atoms with van der Waals surface area (Å²) in [4.78, 5) is 25.2. The Kier molecular flexibility index (Phi) is 5.44. The van der Waals surface area contributed by atoms with Gasteiger partial charge in [-0.05, 0) is 36.6 Å². The van der Waals surface area contributed by atoms with Crippen molar-refractivity contribution in [3.8, 4) is 11.5 Å². The molecule has 1 atom stereocenters. The Morgan fingerprint density at radius 2 is 1.74 bits per heavy atom. The van der Waals surface area contributed by atoms with Gasteiger partial charge >= 0.3 is 6.09 Å². The number of benzene rings is 1. The molecule has 1 N–H and O–H groups in total. The summed E-state index contributed by atoms with van der Waals surface area (Å²) >= 11 is 0. The molecule has 0 saturated heterocycles. The van der Waals surface area contributed by atoms with Gasteiger partial charge in [0.1, 0.15) is 0 Å². The highest BCUT2D eigenvalue weighted by Crippen LogP contribution is 2.33. The minimum Gasteiger partial charge on any atom is -0.493 e. The van der Waals surface area contributed by atoms with Crippen LogP contribution in [0.25, 0.3) is 0 Å². The molecule has 23 heavy (non-hydrogen) atoms. The van der Waals surface area contributed by atoms with Gasteiger partial charge in [-0.3, -0.25) is 15.0 Å². The van der Waals surface area contributed by atoms with Gasteiger partial charge in [0, 0.05) is 13.1 Å². The van der Waals surface area contributed by atoms with Crippen LogP contribution < -0.4 is 14.8 Å². The van der Waals surface area contributed by atoms with Gasteiger partial charge in [-0.15, -0.1) is 0 Å². The summed E-state index contributed by atoms with van der Waals surface area (Å²) in [5, 5.41) is 2.20. The van der Waals surface area contributed by atoms with E-state index in [0.29, 0.717) is 18.0 Å². The average molecular weight is 322 g/mol. The van der Waals surface area contributed by atoms with Crippen LogP contribution in [0.5, 0.6) is 11.5 Å². The topological polar surface area (TPSA) is 77.1 Å². The number of nitrogens with one attached hydrogen (secondary N) is 1. The second-order valence-corrected chi connectivity index (χ2v) is 5.35. The Hall–Kier alpha value is -2.28. The summed E-state index contributed by atoms with van der Waals surface area (Å²) in [5.41, 5.74) is 2.27. The van der Waals surface area contributed by atoms with E-state index in [0.717, 1.165) is 18.5 Å². The van der Waals surface area contributed by atoms with Crippen molar-refractivity contribution in [3.63, 3.8) is 0 Å². The van der Waals surface area contributed by atoms with Gasteiger partial charge in [0.05, 0.1) is 27.4 Å². The number of rotatable bonds is 4. The Labute approximate surface area is 135 Å². The number of ether oxygens (including phenoxy) is 3. The summed E-state index contributed by atoms with van der Waals surface area (Å²) in [6.45, 7) is 3.09. The first kappa shape index (κ1) is 17.1. The SMILES string of the molecule is COC(=O)NC(=O)[C@@H](C)N1CCc2cc(OC)c(OC)cc2C1. The maximum atomic E-state index is 12.0. The molecule has 0 fully saturated rings. The van der Waals surface area contributed by atoms with E-state index in [1.165, 1.54) is 12.7 Å². The van der Waals surface area contributed by atoms with E-state index >= 15 is 0 Å². The third-order valence-electron chi connectivity index (χ3n) is 4.09. The van der Waals surface area contributed by atoms with Crippen molar-refractivity contribution < 1.29 is 23.8 Å². The first-order valence-corrected chi connectivity index (χ1v) is 7.36. The van der Waals surface area contributed by atoms with Gasteiger partial charge in [0.2, 0.25) is 5.91 Å². The van der Waals surface area contributed by atoms with Crippen molar-refractivity contribution in [2.24, 2.45) is 0 Å². The molecule has 0 aliphatic carbocycles. The zero-order valence-corrected chi connectivity index (χ0v) is 13.8. The zero-order chi connectivity index (χ0) is 17.0. The van der Waals surface area contributed by atoms with E-state index in [9.17, 15) is 9.59 Å². The molecule has 7 heteroatoms. The van der Waals surface area contributed by atoms with E-state index in [1.54, 1.807) is 21.1 Å². The van der Waals surface area contributed by atoms with E-state index in [2.05, 4.69) is 10.1 Å². The number of carbonyl (C=O) groups is 2. The summed E-state index contributed by atoms with van der Waals surface area (Å²) in [7, 11) is 4.43. The molecule has 0 saturated carbocycles. The van der Waals surface area contributed by atoms with Crippen molar-refractivity contribution in [2.75, 3.05) is 27.9 Å². The molecule has 1 aliphatic rings. The molecule has 0 aromatic heterocycles. The van der Waals surface area contributed by atoms with Gasteiger partial charge in [0.25, 0.3) is 0 Å². The quantitative estimate of drug-likeness (QED) is 0.901. The highest BCUT2D eigenvalue weighted by molar-refractivity contribution is 5.94. The molecule has 0 bridgehead atoms. The van der Waals surface area contributed by atoms with Crippen molar-refractivity contribution >= 4 is 12.0 Å². The van der Waals surface area contributed by atoms with Gasteiger partial charge in [-0.2, -0.15) is 0 Å². The Morgan fingerprint density at radius 3 is 2.30 bits per heavy atom. The minimum absolute atomic E-state index is 0.374. The summed E-state index contributed by atoms with van der Waals surface area (Å²) < 4.78 is 15.1. The molecule has 0 radical (unpaired) electrons. The molecule has 1 aromatic carbocycles. The van der Waals surface area contributed by atoms with Crippen LogP contribution in [0, 0.1) is 0 Å². The molecule has 7 nitrogen and oxygen atoms in total. The first-order chi connectivity index (χ1) is 11.0. The van der Waals surface area contributed by atoms with Crippen LogP contribution in [0.1, 0.15) is 18.1 Å². The fraction of sp³-hybridized carbons (Fsp3) is 0.500. The number of fused-ring (bicyclic) bond motifs is 1. The lowest BCUT2D eigenvalue weighted by Gasteiger charge is -2.33. The van der Waals surface area contributed by atoms with Crippen molar-refractivity contribution in [1.29, 1.82) is 0 Å². The monoisotopic (exact) mass is 322 g/mol. The number of hydrogen-bond donors (Lipinski definition) is 1. The van der Waals surface area contributed by atoms with E-state index in [4.69, 9.17) is 9.47 Å². The highest BCUT2D eigenvalue weighted by Gasteiger charge is 2.27. The predicted octanol–water partition coefficient (Wildman–Crippen LogP) is 1.33. The molecule has 1 aliphatic heterocycles. The minimum atomic E-state index is -0.745. The van der Waals surface area contributed by atoms with Crippen LogP contribution in [0.2, 0.25) is 0 Å². The molecule has 2 rings (SSSR count). The average Bonchev–Trinajstić information content (AvgIpc) is 2.58. The van der Waals surface area contributed by atoms with Crippen LogP contribution >= 0.6 is 0 Å². The van der Waals surface area contributed by atoms with E-state index in [-0.39, 0.29) is 5.91 Å². The standard InChI is InChI=1S/C16H22N2O5/c1-10(15(19)17-16(20)23-4)18-6-5-11-7-13(21-2)14(22-3)8-12(11)9-18/h7-8,10H,5-6,9H2,1-4H3,(H,17,19,20)/t10-/m1/s1. The number of alkyl carbamates (subject to hydrolysis) is 1. The number of amides is 2. The third-order valence-corrected chi connectivity index (χ3v) is 4.09. The number of nitrogens with zero attached hydrogens (tertiary/aromatic N) is 1. The molecular weight excluding hydrogens is 300 g/mol. The van der Waals surface area contributed by atoms with Crippen molar-refractivity contribution in [2.45, 2.75) is 25.9 Å². The van der Waals surface area contributed by atoms with Crippen molar-refractivity contribution in [3.05, 3.63) is 23.3 Å². The van der Waals surface area contributed by atoms with Crippen LogP contribution in [0.4, 0.5) is 4.79 Å². The Morgan fingerprint density at radius 1 is 1.13 bits per heavy atom. The van der Waals surface area contributed by atoms with Gasteiger partial charge in [-0.1, -0.05) is 0 Å².